The van der Waals surface area contributed by atoms with Gasteiger partial charge in [0.2, 0.25) is 0 Å². The minimum absolute atomic E-state index is 0.0420. The number of carboxylic acids is 1. The molecule has 80 valence electrons. The monoisotopic (exact) mass is 217 g/mol. The van der Waals surface area contributed by atoms with Crippen molar-refractivity contribution < 1.29 is 19.6 Å². The molecular formula is C10H8BNO4. The lowest BCUT2D eigenvalue weighted by Gasteiger charge is -2.21. The third kappa shape index (κ3) is 1.61. The Morgan fingerprint density at radius 1 is 1.56 bits per heavy atom. The summed E-state index contributed by atoms with van der Waals surface area (Å²) in [6.45, 7) is 0. The van der Waals surface area contributed by atoms with Crippen LogP contribution in [-0.4, -0.2) is 23.2 Å². The first-order valence-electron chi connectivity index (χ1n) is 4.77. The Hall–Kier alpha value is -2.00. The molecule has 0 atom stereocenters. The van der Waals surface area contributed by atoms with E-state index in [1.165, 1.54) is 6.07 Å². The molecule has 0 aromatic heterocycles. The molecule has 5 nitrogen and oxygen atoms in total. The summed E-state index contributed by atoms with van der Waals surface area (Å²) in [5.74, 6) is -1.10. The number of aromatic carboxylic acids is 1. The van der Waals surface area contributed by atoms with Crippen LogP contribution in [0.15, 0.2) is 12.1 Å². The van der Waals surface area contributed by atoms with E-state index < -0.39 is 13.1 Å². The van der Waals surface area contributed by atoms with Gasteiger partial charge >= 0.3 is 13.1 Å². The van der Waals surface area contributed by atoms with Crippen LogP contribution in [-0.2, 0) is 6.42 Å². The maximum atomic E-state index is 11.0. The summed E-state index contributed by atoms with van der Waals surface area (Å²) in [5.41, 5.74) is 0.584. The van der Waals surface area contributed by atoms with Crippen molar-refractivity contribution in [3.8, 4) is 11.8 Å². The highest BCUT2D eigenvalue weighted by Crippen LogP contribution is 2.32. The van der Waals surface area contributed by atoms with Crippen molar-refractivity contribution in [1.29, 1.82) is 5.26 Å². The molecule has 2 rings (SSSR count). The fraction of sp³-hybridized carbons (Fsp3) is 0.200. The van der Waals surface area contributed by atoms with Crippen molar-refractivity contribution >= 4 is 13.1 Å². The van der Waals surface area contributed by atoms with E-state index in [9.17, 15) is 9.82 Å². The second-order valence-electron chi connectivity index (χ2n) is 3.50. The van der Waals surface area contributed by atoms with Gasteiger partial charge in [0.05, 0.1) is 5.56 Å². The van der Waals surface area contributed by atoms with Crippen LogP contribution < -0.4 is 4.65 Å². The van der Waals surface area contributed by atoms with Crippen molar-refractivity contribution in [2.24, 2.45) is 0 Å². The largest absolute Gasteiger partial charge is 0.535 e. The average Bonchev–Trinajstić information content (AvgIpc) is 2.26. The molecule has 1 heterocycles. The normalized spacial score (nSPS) is 13.6. The van der Waals surface area contributed by atoms with Gasteiger partial charge in [-0.1, -0.05) is 6.07 Å². The predicted octanol–water partition coefficient (Wildman–Crippen LogP) is 0.672. The molecule has 1 aromatic rings. The third-order valence-electron chi connectivity index (χ3n) is 2.49. The highest BCUT2D eigenvalue weighted by atomic mass is 16.5. The quantitative estimate of drug-likeness (QED) is 0.674. The smallest absolute Gasteiger partial charge is 0.522 e. The van der Waals surface area contributed by atoms with E-state index in [1.807, 2.05) is 0 Å². The summed E-state index contributed by atoms with van der Waals surface area (Å²) in [7, 11) is -1.00. The predicted molar refractivity (Wildman–Crippen MR) is 55.2 cm³/mol. The molecule has 0 spiro atoms. The number of benzene rings is 1. The molecule has 0 unspecified atom stereocenters. The zero-order valence-electron chi connectivity index (χ0n) is 8.30. The lowest BCUT2D eigenvalue weighted by atomic mass is 9.78. The minimum Gasteiger partial charge on any atom is -0.535 e. The fourth-order valence-electron chi connectivity index (χ4n) is 1.74. The topological polar surface area (TPSA) is 90.6 Å². The molecule has 0 amide bonds. The van der Waals surface area contributed by atoms with Crippen molar-refractivity contribution in [1.82, 2.24) is 0 Å². The molecule has 0 radical (unpaired) electrons. The second-order valence-corrected chi connectivity index (χ2v) is 3.50. The standard InChI is InChI=1S/C10H8BNO4/c12-5-7-2-1-6-3-4-11(15)16-9(6)8(7)10(13)14/h1-2,15H,3-4H2,(H,13,14). The van der Waals surface area contributed by atoms with E-state index in [0.717, 1.165) is 0 Å². The molecule has 0 saturated carbocycles. The lowest BCUT2D eigenvalue weighted by molar-refractivity contribution is 0.0694. The second kappa shape index (κ2) is 3.87. The van der Waals surface area contributed by atoms with Crippen molar-refractivity contribution in [2.75, 3.05) is 0 Å². The fourth-order valence-corrected chi connectivity index (χ4v) is 1.74. The van der Waals surface area contributed by atoms with E-state index in [4.69, 9.17) is 15.0 Å². The maximum absolute atomic E-state index is 11.0. The summed E-state index contributed by atoms with van der Waals surface area (Å²) in [5, 5.41) is 27.2. The SMILES string of the molecule is N#Cc1ccc2c(c1C(=O)O)OB(O)CC2. The number of nitrogens with zero attached hydrogens (tertiary/aromatic N) is 1. The number of fused-ring (bicyclic) bond motifs is 1. The first kappa shape index (κ1) is 10.5. The van der Waals surface area contributed by atoms with E-state index in [-0.39, 0.29) is 16.9 Å². The van der Waals surface area contributed by atoms with Crippen LogP contribution in [0, 0.1) is 11.3 Å². The number of hydrogen-bond acceptors (Lipinski definition) is 4. The van der Waals surface area contributed by atoms with Gasteiger partial charge < -0.3 is 14.8 Å². The van der Waals surface area contributed by atoms with Gasteiger partial charge in [0.1, 0.15) is 17.4 Å². The number of hydrogen-bond donors (Lipinski definition) is 2. The molecule has 0 fully saturated rings. The summed E-state index contributed by atoms with van der Waals surface area (Å²) >= 11 is 0. The molecule has 1 aliphatic heterocycles. The Bertz CT molecular complexity index is 494. The van der Waals surface area contributed by atoms with Gasteiger partial charge in [0, 0.05) is 0 Å². The lowest BCUT2D eigenvalue weighted by Crippen LogP contribution is -2.28. The van der Waals surface area contributed by atoms with Crippen LogP contribution in [0.1, 0.15) is 21.5 Å². The van der Waals surface area contributed by atoms with Crippen molar-refractivity contribution in [2.45, 2.75) is 12.7 Å². The molecule has 2 N–H and O–H groups in total. The molecule has 1 aliphatic rings. The Balaban J connectivity index is 2.63. The van der Waals surface area contributed by atoms with E-state index >= 15 is 0 Å². The minimum atomic E-state index is -1.22. The molecule has 1 aromatic carbocycles. The van der Waals surface area contributed by atoms with Gasteiger partial charge in [-0.3, -0.25) is 0 Å². The van der Waals surface area contributed by atoms with Gasteiger partial charge in [-0.15, -0.1) is 0 Å². The van der Waals surface area contributed by atoms with E-state index in [0.29, 0.717) is 18.3 Å². The van der Waals surface area contributed by atoms with Crippen LogP contribution in [0.2, 0.25) is 6.32 Å². The number of aryl methyl sites for hydroxylation is 1. The van der Waals surface area contributed by atoms with Gasteiger partial charge in [-0.05, 0) is 24.4 Å². The Kier molecular flexibility index (Phi) is 2.55. The summed E-state index contributed by atoms with van der Waals surface area (Å²) in [6, 6.07) is 4.92. The molecular weight excluding hydrogens is 209 g/mol. The zero-order chi connectivity index (χ0) is 11.7. The molecule has 6 heteroatoms. The van der Waals surface area contributed by atoms with E-state index in [1.54, 1.807) is 12.1 Å². The molecule has 0 bridgehead atoms. The maximum Gasteiger partial charge on any atom is 0.522 e. The van der Waals surface area contributed by atoms with Crippen LogP contribution >= 0.6 is 0 Å². The van der Waals surface area contributed by atoms with Gasteiger partial charge in [-0.25, -0.2) is 4.79 Å². The molecule has 16 heavy (non-hydrogen) atoms. The first-order chi connectivity index (χ1) is 7.63. The third-order valence-corrected chi connectivity index (χ3v) is 2.49. The summed E-state index contributed by atoms with van der Waals surface area (Å²) < 4.78 is 5.09. The van der Waals surface area contributed by atoms with Crippen LogP contribution in [0.4, 0.5) is 0 Å². The van der Waals surface area contributed by atoms with Crippen LogP contribution in [0.25, 0.3) is 0 Å². The highest BCUT2D eigenvalue weighted by molar-refractivity contribution is 6.44. The number of carbonyl (C=O) groups is 1. The van der Waals surface area contributed by atoms with Gasteiger partial charge in [0.15, 0.2) is 0 Å². The summed E-state index contributed by atoms with van der Waals surface area (Å²) in [6.07, 6.45) is 0.973. The number of carboxylic acid groups (broad SMARTS) is 1. The van der Waals surface area contributed by atoms with E-state index in [2.05, 4.69) is 0 Å². The Morgan fingerprint density at radius 3 is 2.94 bits per heavy atom. The Labute approximate surface area is 92.0 Å². The Morgan fingerprint density at radius 2 is 2.31 bits per heavy atom. The number of nitriles is 1. The summed E-state index contributed by atoms with van der Waals surface area (Å²) in [4.78, 5) is 11.0. The molecule has 0 aliphatic carbocycles. The van der Waals surface area contributed by atoms with Crippen molar-refractivity contribution in [3.05, 3.63) is 28.8 Å². The van der Waals surface area contributed by atoms with Crippen molar-refractivity contribution in [3.63, 3.8) is 0 Å². The molecule has 0 saturated heterocycles. The van der Waals surface area contributed by atoms with Crippen LogP contribution in [0.3, 0.4) is 0 Å². The highest BCUT2D eigenvalue weighted by Gasteiger charge is 2.29. The van der Waals surface area contributed by atoms with Crippen LogP contribution in [0.5, 0.6) is 5.75 Å². The van der Waals surface area contributed by atoms with Gasteiger partial charge in [-0.2, -0.15) is 5.26 Å². The van der Waals surface area contributed by atoms with Gasteiger partial charge in [0.25, 0.3) is 0 Å². The number of rotatable bonds is 1. The first-order valence-corrected chi connectivity index (χ1v) is 4.77. The average molecular weight is 217 g/mol. The zero-order valence-corrected chi connectivity index (χ0v) is 8.30.